The van der Waals surface area contributed by atoms with Crippen LogP contribution in [0, 0.1) is 11.3 Å². The highest BCUT2D eigenvalue weighted by molar-refractivity contribution is 5.76. The molecule has 2 fully saturated rings. The maximum absolute atomic E-state index is 9.00. The van der Waals surface area contributed by atoms with Crippen molar-refractivity contribution in [2.45, 2.75) is 69.6 Å². The molecule has 0 amide bonds. The Labute approximate surface area is 209 Å². The molecule has 1 aromatic heterocycles. The molecule has 0 bridgehead atoms. The van der Waals surface area contributed by atoms with E-state index in [1.165, 1.54) is 23.3 Å². The van der Waals surface area contributed by atoms with Gasteiger partial charge in [-0.15, -0.1) is 0 Å². The van der Waals surface area contributed by atoms with Crippen LogP contribution in [-0.4, -0.2) is 52.7 Å². The molecule has 2 aliphatic heterocycles. The Morgan fingerprint density at radius 3 is 2.77 bits per heavy atom. The highest BCUT2D eigenvalue weighted by Gasteiger charge is 2.39. The van der Waals surface area contributed by atoms with Gasteiger partial charge in [0, 0.05) is 44.1 Å². The van der Waals surface area contributed by atoms with Gasteiger partial charge in [0.05, 0.1) is 23.1 Å². The van der Waals surface area contributed by atoms with Crippen LogP contribution in [0.25, 0.3) is 11.0 Å². The van der Waals surface area contributed by atoms with E-state index in [9.17, 15) is 0 Å². The molecule has 0 spiro atoms. The molecule has 4 unspecified atom stereocenters. The van der Waals surface area contributed by atoms with Gasteiger partial charge in [0.25, 0.3) is 0 Å². The first-order valence-electron chi connectivity index (χ1n) is 13.3. The van der Waals surface area contributed by atoms with E-state index in [0.717, 1.165) is 57.5 Å². The second-order valence-electron chi connectivity index (χ2n) is 10.1. The van der Waals surface area contributed by atoms with Gasteiger partial charge >= 0.3 is 0 Å². The standard InChI is InChI=1S/C29H38N6/c1-22(28-24(15-18-32-28)23-11-4-2-5-12-23)34-20-10-17-31-21-27(34)29-33-25-13-6-7-14-26(25)35(29)19-9-3-8-16-30/h2,4-7,11-14,22,24,27-28,31-32H,3,8-10,15,17-21H2,1H3. The summed E-state index contributed by atoms with van der Waals surface area (Å²) in [5.41, 5.74) is 3.72. The lowest BCUT2D eigenvalue weighted by Crippen LogP contribution is -2.50. The molecular formula is C29H38N6. The van der Waals surface area contributed by atoms with Crippen molar-refractivity contribution >= 4 is 11.0 Å². The molecule has 4 atom stereocenters. The van der Waals surface area contributed by atoms with Crippen LogP contribution in [0.3, 0.4) is 0 Å². The molecule has 6 nitrogen and oxygen atoms in total. The van der Waals surface area contributed by atoms with E-state index in [-0.39, 0.29) is 6.04 Å². The number of hydrogen-bond donors (Lipinski definition) is 2. The average molecular weight is 471 g/mol. The molecule has 2 aromatic carbocycles. The molecule has 184 valence electrons. The van der Waals surface area contributed by atoms with E-state index in [1.54, 1.807) is 0 Å². The van der Waals surface area contributed by atoms with Crippen molar-refractivity contribution in [1.29, 1.82) is 5.26 Å². The SMILES string of the molecule is CC(C1NCCC1c1ccccc1)N1CCCNCC1c1nc2ccccc2n1CCCCC#N. The van der Waals surface area contributed by atoms with E-state index in [2.05, 4.69) is 87.7 Å². The van der Waals surface area contributed by atoms with Crippen molar-refractivity contribution in [2.75, 3.05) is 26.2 Å². The van der Waals surface area contributed by atoms with Gasteiger partial charge in [-0.1, -0.05) is 42.5 Å². The number of imidazole rings is 1. The summed E-state index contributed by atoms with van der Waals surface area (Å²) in [5, 5.41) is 16.6. The number of fused-ring (bicyclic) bond motifs is 1. The Bertz CT molecular complexity index is 1130. The summed E-state index contributed by atoms with van der Waals surface area (Å²) in [5.74, 6) is 1.70. The zero-order valence-corrected chi connectivity index (χ0v) is 20.9. The number of aryl methyl sites for hydroxylation is 1. The smallest absolute Gasteiger partial charge is 0.128 e. The number of nitrogens with one attached hydrogen (secondary N) is 2. The van der Waals surface area contributed by atoms with Gasteiger partial charge in [-0.25, -0.2) is 4.98 Å². The van der Waals surface area contributed by atoms with Crippen LogP contribution in [0.5, 0.6) is 0 Å². The minimum absolute atomic E-state index is 0.217. The average Bonchev–Trinajstić information content (AvgIpc) is 3.45. The molecule has 2 N–H and O–H groups in total. The zero-order chi connectivity index (χ0) is 24.0. The Hall–Kier alpha value is -2.72. The molecule has 5 rings (SSSR count). The lowest BCUT2D eigenvalue weighted by Gasteiger charge is -2.39. The van der Waals surface area contributed by atoms with Crippen molar-refractivity contribution < 1.29 is 0 Å². The minimum Gasteiger partial charge on any atom is -0.327 e. The summed E-state index contributed by atoms with van der Waals surface area (Å²) >= 11 is 0. The summed E-state index contributed by atoms with van der Waals surface area (Å²) < 4.78 is 2.43. The molecule has 6 heteroatoms. The van der Waals surface area contributed by atoms with Gasteiger partial charge in [0.15, 0.2) is 0 Å². The second-order valence-corrected chi connectivity index (χ2v) is 10.1. The third kappa shape index (κ3) is 5.13. The lowest BCUT2D eigenvalue weighted by molar-refractivity contribution is 0.117. The first kappa shape index (κ1) is 24.0. The predicted molar refractivity (Wildman–Crippen MR) is 141 cm³/mol. The maximum Gasteiger partial charge on any atom is 0.128 e. The summed E-state index contributed by atoms with van der Waals surface area (Å²) in [4.78, 5) is 7.92. The van der Waals surface area contributed by atoms with Crippen LogP contribution >= 0.6 is 0 Å². The van der Waals surface area contributed by atoms with Crippen LogP contribution < -0.4 is 10.6 Å². The van der Waals surface area contributed by atoms with Gasteiger partial charge in [0.2, 0.25) is 0 Å². The molecule has 2 saturated heterocycles. The quantitative estimate of drug-likeness (QED) is 0.471. The minimum atomic E-state index is 0.217. The number of nitriles is 1. The van der Waals surface area contributed by atoms with E-state index in [0.29, 0.717) is 24.4 Å². The number of unbranched alkanes of at least 4 members (excludes halogenated alkanes) is 2. The first-order valence-corrected chi connectivity index (χ1v) is 13.3. The summed E-state index contributed by atoms with van der Waals surface area (Å²) in [7, 11) is 0. The topological polar surface area (TPSA) is 68.9 Å². The zero-order valence-electron chi connectivity index (χ0n) is 20.9. The lowest BCUT2D eigenvalue weighted by atomic mass is 9.87. The maximum atomic E-state index is 9.00. The second kappa shape index (κ2) is 11.3. The number of para-hydroxylation sites is 2. The van der Waals surface area contributed by atoms with Gasteiger partial charge < -0.3 is 15.2 Å². The Kier molecular flexibility index (Phi) is 7.78. The van der Waals surface area contributed by atoms with Crippen molar-refractivity contribution in [3.63, 3.8) is 0 Å². The van der Waals surface area contributed by atoms with Crippen molar-refractivity contribution in [2.24, 2.45) is 0 Å². The van der Waals surface area contributed by atoms with E-state index in [1.807, 2.05) is 0 Å². The van der Waals surface area contributed by atoms with Gasteiger partial charge in [-0.3, -0.25) is 4.90 Å². The predicted octanol–water partition coefficient (Wildman–Crippen LogP) is 4.60. The monoisotopic (exact) mass is 470 g/mol. The van der Waals surface area contributed by atoms with E-state index >= 15 is 0 Å². The molecule has 0 aliphatic carbocycles. The number of aromatic nitrogens is 2. The fraction of sp³-hybridized carbons (Fsp3) is 0.517. The van der Waals surface area contributed by atoms with Crippen molar-refractivity contribution in [1.82, 2.24) is 25.1 Å². The largest absolute Gasteiger partial charge is 0.327 e. The van der Waals surface area contributed by atoms with Crippen LogP contribution in [0.15, 0.2) is 54.6 Å². The van der Waals surface area contributed by atoms with Crippen molar-refractivity contribution in [3.05, 3.63) is 66.0 Å². The first-order chi connectivity index (χ1) is 17.3. The highest BCUT2D eigenvalue weighted by atomic mass is 15.3. The third-order valence-electron chi connectivity index (χ3n) is 7.95. The van der Waals surface area contributed by atoms with E-state index < -0.39 is 0 Å². The Morgan fingerprint density at radius 1 is 1.09 bits per heavy atom. The van der Waals surface area contributed by atoms with Gasteiger partial charge in [-0.05, 0) is 63.4 Å². The summed E-state index contributed by atoms with van der Waals surface area (Å²) in [6.07, 6.45) is 4.87. The molecular weight excluding hydrogens is 432 g/mol. The van der Waals surface area contributed by atoms with Crippen LogP contribution in [-0.2, 0) is 6.54 Å². The molecule has 3 heterocycles. The fourth-order valence-corrected chi connectivity index (χ4v) is 6.20. The fourth-order valence-electron chi connectivity index (χ4n) is 6.20. The number of benzene rings is 2. The Morgan fingerprint density at radius 2 is 1.91 bits per heavy atom. The molecule has 2 aliphatic rings. The van der Waals surface area contributed by atoms with Gasteiger partial charge in [-0.2, -0.15) is 5.26 Å². The van der Waals surface area contributed by atoms with Crippen LogP contribution in [0.4, 0.5) is 0 Å². The van der Waals surface area contributed by atoms with E-state index in [4.69, 9.17) is 10.2 Å². The third-order valence-corrected chi connectivity index (χ3v) is 7.95. The molecule has 0 radical (unpaired) electrons. The highest BCUT2D eigenvalue weighted by Crippen LogP contribution is 2.35. The molecule has 35 heavy (non-hydrogen) atoms. The number of rotatable bonds is 8. The molecule has 0 saturated carbocycles. The van der Waals surface area contributed by atoms with Gasteiger partial charge in [0.1, 0.15) is 5.82 Å². The van der Waals surface area contributed by atoms with Crippen LogP contribution in [0.1, 0.15) is 62.4 Å². The van der Waals surface area contributed by atoms with Crippen LogP contribution in [0.2, 0.25) is 0 Å². The summed E-state index contributed by atoms with van der Waals surface area (Å²) in [6.45, 7) is 7.41. The summed E-state index contributed by atoms with van der Waals surface area (Å²) in [6, 6.07) is 22.9. The Balaban J connectivity index is 1.47. The number of nitrogens with zero attached hydrogens (tertiary/aromatic N) is 4. The normalized spacial score (nSPS) is 24.3. The number of hydrogen-bond acceptors (Lipinski definition) is 5. The van der Waals surface area contributed by atoms with Crippen molar-refractivity contribution in [3.8, 4) is 6.07 Å². The molecule has 3 aromatic rings.